The van der Waals surface area contributed by atoms with Gasteiger partial charge in [0.2, 0.25) is 0 Å². The van der Waals surface area contributed by atoms with Crippen LogP contribution in [0.1, 0.15) is 17.9 Å². The van der Waals surface area contributed by atoms with Crippen molar-refractivity contribution in [2.75, 3.05) is 0 Å². The molecule has 1 unspecified atom stereocenters. The summed E-state index contributed by atoms with van der Waals surface area (Å²) < 4.78 is 18.4. The average Bonchev–Trinajstić information content (AvgIpc) is 2.50. The summed E-state index contributed by atoms with van der Waals surface area (Å²) >= 11 is 3.17. The van der Waals surface area contributed by atoms with Crippen LogP contribution in [0, 0.1) is 5.82 Å². The molecule has 1 saturated heterocycles. The van der Waals surface area contributed by atoms with Gasteiger partial charge in [-0.1, -0.05) is 15.9 Å². The minimum atomic E-state index is -0.810. The molecule has 2 rings (SSSR count). The van der Waals surface area contributed by atoms with E-state index in [0.29, 0.717) is 4.47 Å². The number of benzene rings is 1. The van der Waals surface area contributed by atoms with Gasteiger partial charge in [-0.05, 0) is 18.2 Å². The summed E-state index contributed by atoms with van der Waals surface area (Å²) in [6, 6.07) is 4.26. The minimum Gasteiger partial charge on any atom is -0.393 e. The predicted molar refractivity (Wildman–Crippen MR) is 52.6 cm³/mol. The fourth-order valence-corrected chi connectivity index (χ4v) is 1.87. The SMILES string of the molecule is O=C1CC(c2cc(Br)ccc2F)C(=O)O1. The Labute approximate surface area is 93.4 Å². The lowest BCUT2D eigenvalue weighted by atomic mass is 9.97. The van der Waals surface area contributed by atoms with E-state index in [-0.39, 0.29) is 12.0 Å². The van der Waals surface area contributed by atoms with E-state index in [0.717, 1.165) is 0 Å². The highest BCUT2D eigenvalue weighted by Crippen LogP contribution is 2.31. The van der Waals surface area contributed by atoms with Crippen LogP contribution in [0.15, 0.2) is 22.7 Å². The molecule has 1 aliphatic rings. The molecule has 3 nitrogen and oxygen atoms in total. The number of rotatable bonds is 1. The van der Waals surface area contributed by atoms with Crippen molar-refractivity contribution in [3.8, 4) is 0 Å². The molecule has 0 bridgehead atoms. The highest BCUT2D eigenvalue weighted by Gasteiger charge is 2.36. The molecule has 0 aliphatic carbocycles. The molecule has 1 aromatic rings. The van der Waals surface area contributed by atoms with Crippen LogP contribution in [-0.2, 0) is 14.3 Å². The second-order valence-electron chi connectivity index (χ2n) is 3.22. The van der Waals surface area contributed by atoms with Crippen molar-refractivity contribution in [3.63, 3.8) is 0 Å². The Kier molecular flexibility index (Phi) is 2.56. The van der Waals surface area contributed by atoms with Crippen LogP contribution in [-0.4, -0.2) is 11.9 Å². The van der Waals surface area contributed by atoms with Crippen molar-refractivity contribution >= 4 is 27.9 Å². The summed E-state index contributed by atoms with van der Waals surface area (Å²) in [7, 11) is 0. The van der Waals surface area contributed by atoms with Gasteiger partial charge in [-0.25, -0.2) is 4.39 Å². The Bertz CT molecular complexity index is 444. The predicted octanol–water partition coefficient (Wildman–Crippen LogP) is 2.15. The molecule has 0 aromatic heterocycles. The first-order valence-electron chi connectivity index (χ1n) is 4.27. The van der Waals surface area contributed by atoms with Gasteiger partial charge in [0.05, 0.1) is 12.3 Å². The summed E-state index contributed by atoms with van der Waals surface area (Å²) in [4.78, 5) is 22.1. The molecule has 0 saturated carbocycles. The number of cyclic esters (lactones) is 2. The number of ether oxygens (including phenoxy) is 1. The van der Waals surface area contributed by atoms with Gasteiger partial charge in [-0.3, -0.25) is 9.59 Å². The molecule has 1 aromatic carbocycles. The quantitative estimate of drug-likeness (QED) is 0.581. The smallest absolute Gasteiger partial charge is 0.321 e. The number of halogens is 2. The zero-order chi connectivity index (χ0) is 11.0. The highest BCUT2D eigenvalue weighted by molar-refractivity contribution is 9.10. The van der Waals surface area contributed by atoms with Crippen molar-refractivity contribution in [2.24, 2.45) is 0 Å². The molecule has 1 heterocycles. The van der Waals surface area contributed by atoms with Gasteiger partial charge in [-0.2, -0.15) is 0 Å². The summed E-state index contributed by atoms with van der Waals surface area (Å²) in [6.07, 6.45) is -0.0911. The molecular weight excluding hydrogens is 267 g/mol. The number of esters is 2. The summed E-state index contributed by atoms with van der Waals surface area (Å²) in [5.74, 6) is -2.61. The van der Waals surface area contributed by atoms with E-state index >= 15 is 0 Å². The number of hydrogen-bond acceptors (Lipinski definition) is 3. The van der Waals surface area contributed by atoms with Gasteiger partial charge < -0.3 is 4.74 Å². The zero-order valence-electron chi connectivity index (χ0n) is 7.50. The molecule has 0 spiro atoms. The molecule has 78 valence electrons. The van der Waals surface area contributed by atoms with E-state index in [4.69, 9.17) is 0 Å². The molecular formula is C10H6BrFO3. The summed E-state index contributed by atoms with van der Waals surface area (Å²) in [5.41, 5.74) is 0.195. The Hall–Kier alpha value is -1.23. The first-order valence-corrected chi connectivity index (χ1v) is 5.06. The normalized spacial score (nSPS) is 20.5. The summed E-state index contributed by atoms with van der Waals surface area (Å²) in [5, 5.41) is 0. The third kappa shape index (κ3) is 1.92. The first kappa shape index (κ1) is 10.3. The van der Waals surface area contributed by atoms with Gasteiger partial charge in [-0.15, -0.1) is 0 Å². The van der Waals surface area contributed by atoms with Gasteiger partial charge in [0.25, 0.3) is 0 Å². The summed E-state index contributed by atoms with van der Waals surface area (Å²) in [6.45, 7) is 0. The maximum atomic E-state index is 13.4. The Balaban J connectivity index is 2.41. The van der Waals surface area contributed by atoms with E-state index in [1.54, 1.807) is 0 Å². The average molecular weight is 273 g/mol. The van der Waals surface area contributed by atoms with Gasteiger partial charge in [0.15, 0.2) is 0 Å². The van der Waals surface area contributed by atoms with Crippen molar-refractivity contribution < 1.29 is 18.7 Å². The zero-order valence-corrected chi connectivity index (χ0v) is 9.08. The standard InChI is InChI=1S/C10H6BrFO3/c11-5-1-2-8(12)6(3-5)7-4-9(13)15-10(7)14/h1-3,7H,4H2. The van der Waals surface area contributed by atoms with Crippen LogP contribution in [0.4, 0.5) is 4.39 Å². The molecule has 1 atom stereocenters. The first-order chi connectivity index (χ1) is 7.08. The van der Waals surface area contributed by atoms with E-state index < -0.39 is 23.7 Å². The second kappa shape index (κ2) is 3.73. The largest absolute Gasteiger partial charge is 0.393 e. The molecule has 0 N–H and O–H groups in total. The third-order valence-electron chi connectivity index (χ3n) is 2.20. The van der Waals surface area contributed by atoms with Crippen LogP contribution in [0.3, 0.4) is 0 Å². The van der Waals surface area contributed by atoms with Crippen LogP contribution in [0.25, 0.3) is 0 Å². The Morgan fingerprint density at radius 2 is 2.13 bits per heavy atom. The molecule has 1 fully saturated rings. The van der Waals surface area contributed by atoms with Crippen molar-refractivity contribution in [3.05, 3.63) is 34.1 Å². The van der Waals surface area contributed by atoms with Crippen LogP contribution in [0.5, 0.6) is 0 Å². The van der Waals surface area contributed by atoms with Crippen LogP contribution < -0.4 is 0 Å². The molecule has 0 amide bonds. The van der Waals surface area contributed by atoms with Crippen molar-refractivity contribution in [2.45, 2.75) is 12.3 Å². The Morgan fingerprint density at radius 3 is 2.73 bits per heavy atom. The number of hydrogen-bond donors (Lipinski definition) is 0. The molecule has 15 heavy (non-hydrogen) atoms. The topological polar surface area (TPSA) is 43.4 Å². The third-order valence-corrected chi connectivity index (χ3v) is 2.70. The maximum Gasteiger partial charge on any atom is 0.321 e. The molecule has 1 aliphatic heterocycles. The molecule has 5 heteroatoms. The number of carbonyl (C=O) groups excluding carboxylic acids is 2. The van der Waals surface area contributed by atoms with Crippen LogP contribution in [0.2, 0.25) is 0 Å². The van der Waals surface area contributed by atoms with Gasteiger partial charge in [0, 0.05) is 10.0 Å². The lowest BCUT2D eigenvalue weighted by Crippen LogP contribution is -2.07. The van der Waals surface area contributed by atoms with Gasteiger partial charge in [0.1, 0.15) is 5.82 Å². The van der Waals surface area contributed by atoms with E-state index in [2.05, 4.69) is 20.7 Å². The van der Waals surface area contributed by atoms with E-state index in [1.165, 1.54) is 18.2 Å². The maximum absolute atomic E-state index is 13.4. The van der Waals surface area contributed by atoms with E-state index in [1.807, 2.05) is 0 Å². The van der Waals surface area contributed by atoms with Gasteiger partial charge >= 0.3 is 11.9 Å². The monoisotopic (exact) mass is 272 g/mol. The fraction of sp³-hybridized carbons (Fsp3) is 0.200. The lowest BCUT2D eigenvalue weighted by Gasteiger charge is -2.06. The number of carbonyl (C=O) groups is 2. The van der Waals surface area contributed by atoms with Crippen molar-refractivity contribution in [1.29, 1.82) is 0 Å². The van der Waals surface area contributed by atoms with Crippen LogP contribution >= 0.6 is 15.9 Å². The van der Waals surface area contributed by atoms with E-state index in [9.17, 15) is 14.0 Å². The minimum absolute atomic E-state index is 0.0911. The fourth-order valence-electron chi connectivity index (χ4n) is 1.49. The highest BCUT2D eigenvalue weighted by atomic mass is 79.9. The molecule has 0 radical (unpaired) electrons. The second-order valence-corrected chi connectivity index (χ2v) is 4.13. The lowest BCUT2D eigenvalue weighted by molar-refractivity contribution is -0.152. The van der Waals surface area contributed by atoms with Crippen molar-refractivity contribution in [1.82, 2.24) is 0 Å². The Morgan fingerprint density at radius 1 is 1.40 bits per heavy atom.